The predicted octanol–water partition coefficient (Wildman–Crippen LogP) is 0.790. The Kier molecular flexibility index (Phi) is 4.84. The van der Waals surface area contributed by atoms with Gasteiger partial charge in [0.05, 0.1) is 31.9 Å². The third-order valence-corrected chi connectivity index (χ3v) is 2.79. The lowest BCUT2D eigenvalue weighted by Crippen LogP contribution is -2.44. The van der Waals surface area contributed by atoms with Crippen molar-refractivity contribution in [2.45, 2.75) is 12.3 Å². The molecular weight excluding hydrogens is 253 g/mol. The Morgan fingerprint density at radius 3 is 2.89 bits per heavy atom. The van der Waals surface area contributed by atoms with Gasteiger partial charge >= 0.3 is 5.97 Å². The SMILES string of the molecule is O=C(ON1CCOC[C@H](O)C(F)C1)c1ccccc1. The molecule has 1 aliphatic rings. The third kappa shape index (κ3) is 3.99. The van der Waals surface area contributed by atoms with E-state index >= 15 is 0 Å². The van der Waals surface area contributed by atoms with Crippen molar-refractivity contribution in [3.8, 4) is 0 Å². The molecule has 104 valence electrons. The summed E-state index contributed by atoms with van der Waals surface area (Å²) in [5.41, 5.74) is 0.390. The highest BCUT2D eigenvalue weighted by Crippen LogP contribution is 2.10. The van der Waals surface area contributed by atoms with Crippen molar-refractivity contribution < 1.29 is 23.9 Å². The van der Waals surface area contributed by atoms with E-state index in [0.717, 1.165) is 0 Å². The van der Waals surface area contributed by atoms with Gasteiger partial charge in [-0.25, -0.2) is 9.18 Å². The largest absolute Gasteiger partial charge is 0.388 e. The van der Waals surface area contributed by atoms with Crippen molar-refractivity contribution in [2.24, 2.45) is 0 Å². The summed E-state index contributed by atoms with van der Waals surface area (Å²) in [4.78, 5) is 16.9. The van der Waals surface area contributed by atoms with Crippen LogP contribution in [0.15, 0.2) is 30.3 Å². The standard InChI is InChI=1S/C13H16FNO4/c14-11-8-15(6-7-18-9-12(11)16)19-13(17)10-4-2-1-3-5-10/h1-5,11-12,16H,6-9H2/t11?,12-/m0/s1. The van der Waals surface area contributed by atoms with Crippen LogP contribution in [-0.2, 0) is 9.57 Å². The number of aliphatic hydroxyl groups is 1. The molecule has 0 radical (unpaired) electrons. The van der Waals surface area contributed by atoms with Gasteiger partial charge in [0, 0.05) is 0 Å². The van der Waals surface area contributed by atoms with Crippen LogP contribution in [0, 0.1) is 0 Å². The summed E-state index contributed by atoms with van der Waals surface area (Å²) in [6, 6.07) is 8.45. The Balaban J connectivity index is 1.95. The van der Waals surface area contributed by atoms with Crippen molar-refractivity contribution >= 4 is 5.97 Å². The zero-order valence-electron chi connectivity index (χ0n) is 10.4. The summed E-state index contributed by atoms with van der Waals surface area (Å²) in [7, 11) is 0. The van der Waals surface area contributed by atoms with Crippen molar-refractivity contribution in [2.75, 3.05) is 26.3 Å². The van der Waals surface area contributed by atoms with E-state index in [2.05, 4.69) is 0 Å². The van der Waals surface area contributed by atoms with E-state index in [0.29, 0.717) is 5.56 Å². The molecule has 6 heteroatoms. The molecule has 0 aromatic heterocycles. The van der Waals surface area contributed by atoms with Crippen LogP contribution >= 0.6 is 0 Å². The highest BCUT2D eigenvalue weighted by molar-refractivity contribution is 5.89. The Labute approximate surface area is 110 Å². The average molecular weight is 269 g/mol. The van der Waals surface area contributed by atoms with Gasteiger partial charge < -0.3 is 14.7 Å². The minimum atomic E-state index is -1.51. The van der Waals surface area contributed by atoms with E-state index in [-0.39, 0.29) is 26.3 Å². The maximum atomic E-state index is 13.6. The molecule has 0 saturated carbocycles. The molecule has 1 aromatic carbocycles. The number of alkyl halides is 1. The van der Waals surface area contributed by atoms with Crippen LogP contribution < -0.4 is 0 Å². The highest BCUT2D eigenvalue weighted by Gasteiger charge is 2.26. The minimum Gasteiger partial charge on any atom is -0.388 e. The average Bonchev–Trinajstić information content (AvgIpc) is 2.42. The second-order valence-electron chi connectivity index (χ2n) is 4.29. The fraction of sp³-hybridized carbons (Fsp3) is 0.462. The molecule has 2 rings (SSSR count). The molecule has 1 aromatic rings. The van der Waals surface area contributed by atoms with E-state index in [4.69, 9.17) is 9.57 Å². The van der Waals surface area contributed by atoms with Crippen LogP contribution in [0.4, 0.5) is 4.39 Å². The Hall–Kier alpha value is -1.50. The van der Waals surface area contributed by atoms with Gasteiger partial charge in [-0.2, -0.15) is 0 Å². The molecule has 1 fully saturated rings. The van der Waals surface area contributed by atoms with E-state index < -0.39 is 18.2 Å². The summed E-state index contributed by atoms with van der Waals surface area (Å²) in [6.07, 6.45) is -2.71. The van der Waals surface area contributed by atoms with Gasteiger partial charge in [-0.1, -0.05) is 18.2 Å². The first-order chi connectivity index (χ1) is 9.16. The van der Waals surface area contributed by atoms with Crippen LogP contribution in [0.25, 0.3) is 0 Å². The second kappa shape index (κ2) is 6.60. The second-order valence-corrected chi connectivity index (χ2v) is 4.29. The number of aliphatic hydroxyl groups excluding tert-OH is 1. The molecule has 1 saturated heterocycles. The summed E-state index contributed by atoms with van der Waals surface area (Å²) >= 11 is 0. The van der Waals surface area contributed by atoms with Gasteiger partial charge in [0.2, 0.25) is 0 Å². The molecule has 1 aliphatic heterocycles. The van der Waals surface area contributed by atoms with E-state index in [1.54, 1.807) is 30.3 Å². The zero-order valence-corrected chi connectivity index (χ0v) is 10.4. The molecular formula is C13H16FNO4. The van der Waals surface area contributed by atoms with Crippen LogP contribution in [0.3, 0.4) is 0 Å². The first-order valence-electron chi connectivity index (χ1n) is 6.09. The molecule has 2 atom stereocenters. The lowest BCUT2D eigenvalue weighted by atomic mass is 10.2. The molecule has 1 heterocycles. The Bertz CT molecular complexity index is 414. The fourth-order valence-corrected chi connectivity index (χ4v) is 1.71. The van der Waals surface area contributed by atoms with Gasteiger partial charge in [-0.15, -0.1) is 5.06 Å². The van der Waals surface area contributed by atoms with E-state index in [1.165, 1.54) is 5.06 Å². The molecule has 0 spiro atoms. The van der Waals surface area contributed by atoms with Crippen molar-refractivity contribution in [1.29, 1.82) is 0 Å². The maximum Gasteiger partial charge on any atom is 0.357 e. The maximum absolute atomic E-state index is 13.6. The van der Waals surface area contributed by atoms with Crippen molar-refractivity contribution in [1.82, 2.24) is 5.06 Å². The number of hydrogen-bond acceptors (Lipinski definition) is 5. The summed E-state index contributed by atoms with van der Waals surface area (Å²) < 4.78 is 18.6. The Morgan fingerprint density at radius 1 is 1.42 bits per heavy atom. The first-order valence-corrected chi connectivity index (χ1v) is 6.09. The topological polar surface area (TPSA) is 59.0 Å². The zero-order chi connectivity index (χ0) is 13.7. The molecule has 0 amide bonds. The number of ether oxygens (including phenoxy) is 1. The number of halogens is 1. The van der Waals surface area contributed by atoms with Gasteiger partial charge in [0.25, 0.3) is 0 Å². The van der Waals surface area contributed by atoms with Gasteiger partial charge in [0.15, 0.2) is 0 Å². The third-order valence-electron chi connectivity index (χ3n) is 2.79. The lowest BCUT2D eigenvalue weighted by Gasteiger charge is -2.27. The Morgan fingerprint density at radius 2 is 2.16 bits per heavy atom. The summed E-state index contributed by atoms with van der Waals surface area (Å²) in [5, 5.41) is 10.6. The highest BCUT2D eigenvalue weighted by atomic mass is 19.1. The number of nitrogens with zero attached hydrogens (tertiary/aromatic N) is 1. The number of hydrogen-bond donors (Lipinski definition) is 1. The number of rotatable bonds is 2. The lowest BCUT2D eigenvalue weighted by molar-refractivity contribution is -0.155. The molecule has 19 heavy (non-hydrogen) atoms. The number of hydroxylamine groups is 2. The minimum absolute atomic E-state index is 0.0400. The first kappa shape index (κ1) is 13.9. The number of carbonyl (C=O) groups is 1. The summed E-state index contributed by atoms with van der Waals surface area (Å²) in [5.74, 6) is -0.553. The fourth-order valence-electron chi connectivity index (χ4n) is 1.71. The predicted molar refractivity (Wildman–Crippen MR) is 65.2 cm³/mol. The van der Waals surface area contributed by atoms with E-state index in [9.17, 15) is 14.3 Å². The summed E-state index contributed by atoms with van der Waals surface area (Å²) in [6.45, 7) is 0.336. The monoisotopic (exact) mass is 269 g/mol. The van der Waals surface area contributed by atoms with E-state index in [1.807, 2.05) is 0 Å². The molecule has 5 nitrogen and oxygen atoms in total. The number of benzene rings is 1. The molecule has 1 unspecified atom stereocenters. The molecule has 1 N–H and O–H groups in total. The normalized spacial score (nSPS) is 25.4. The van der Waals surface area contributed by atoms with Crippen LogP contribution in [0.1, 0.15) is 10.4 Å². The van der Waals surface area contributed by atoms with Gasteiger partial charge in [-0.3, -0.25) is 0 Å². The smallest absolute Gasteiger partial charge is 0.357 e. The molecule has 0 bridgehead atoms. The van der Waals surface area contributed by atoms with Gasteiger partial charge in [-0.05, 0) is 12.1 Å². The van der Waals surface area contributed by atoms with Crippen LogP contribution in [0.2, 0.25) is 0 Å². The van der Waals surface area contributed by atoms with Gasteiger partial charge in [0.1, 0.15) is 12.3 Å². The van der Waals surface area contributed by atoms with Crippen LogP contribution in [-0.4, -0.2) is 54.7 Å². The van der Waals surface area contributed by atoms with Crippen molar-refractivity contribution in [3.05, 3.63) is 35.9 Å². The van der Waals surface area contributed by atoms with Crippen molar-refractivity contribution in [3.63, 3.8) is 0 Å². The number of carbonyl (C=O) groups excluding carboxylic acids is 1. The molecule has 0 aliphatic carbocycles. The van der Waals surface area contributed by atoms with Crippen LogP contribution in [0.5, 0.6) is 0 Å². The quantitative estimate of drug-likeness (QED) is 0.860.